The first-order valence-electron chi connectivity index (χ1n) is 5.18. The van der Waals surface area contributed by atoms with Gasteiger partial charge in [-0.15, -0.1) is 0 Å². The molecule has 0 saturated heterocycles. The summed E-state index contributed by atoms with van der Waals surface area (Å²) >= 11 is 3.48. The van der Waals surface area contributed by atoms with Crippen LogP contribution in [0.3, 0.4) is 0 Å². The van der Waals surface area contributed by atoms with Gasteiger partial charge in [-0.05, 0) is 34.6 Å². The molecule has 1 atom stereocenters. The number of aromatic nitrogens is 2. The van der Waals surface area contributed by atoms with Gasteiger partial charge in [0.1, 0.15) is 11.8 Å². The lowest BCUT2D eigenvalue weighted by atomic mass is 10.1. The van der Waals surface area contributed by atoms with Gasteiger partial charge in [0.05, 0.1) is 16.4 Å². The van der Waals surface area contributed by atoms with E-state index in [0.717, 1.165) is 22.5 Å². The van der Waals surface area contributed by atoms with Crippen molar-refractivity contribution in [3.8, 4) is 0 Å². The molecular weight excluding hydrogens is 270 g/mol. The molecule has 2 rings (SSSR count). The van der Waals surface area contributed by atoms with E-state index in [0.29, 0.717) is 0 Å². The van der Waals surface area contributed by atoms with Crippen LogP contribution in [0.15, 0.2) is 33.5 Å². The number of rotatable bonds is 4. The molecule has 1 unspecified atom stereocenters. The number of nitrogens with one attached hydrogen (secondary N) is 1. The van der Waals surface area contributed by atoms with Gasteiger partial charge < -0.3 is 9.73 Å². The zero-order chi connectivity index (χ0) is 11.5. The van der Waals surface area contributed by atoms with Crippen molar-refractivity contribution in [2.75, 3.05) is 6.54 Å². The van der Waals surface area contributed by atoms with E-state index in [2.05, 4.69) is 33.3 Å². The molecule has 0 aromatic carbocycles. The maximum atomic E-state index is 5.51. The van der Waals surface area contributed by atoms with Gasteiger partial charge >= 0.3 is 0 Å². The van der Waals surface area contributed by atoms with E-state index in [1.165, 1.54) is 0 Å². The van der Waals surface area contributed by atoms with Gasteiger partial charge in [0, 0.05) is 13.2 Å². The fourth-order valence-corrected chi connectivity index (χ4v) is 2.14. The Bertz CT molecular complexity index is 423. The van der Waals surface area contributed by atoms with Gasteiger partial charge in [0.25, 0.3) is 0 Å². The second-order valence-corrected chi connectivity index (χ2v) is 4.36. The molecule has 0 aliphatic rings. The molecule has 0 aliphatic carbocycles. The molecule has 0 fully saturated rings. The molecule has 0 radical (unpaired) electrons. The molecule has 0 bridgehead atoms. The zero-order valence-corrected chi connectivity index (χ0v) is 10.9. The van der Waals surface area contributed by atoms with Gasteiger partial charge in [-0.3, -0.25) is 4.68 Å². The Morgan fingerprint density at radius 1 is 1.56 bits per heavy atom. The van der Waals surface area contributed by atoms with Crippen LogP contribution in [0.5, 0.6) is 0 Å². The van der Waals surface area contributed by atoms with Crippen LogP contribution >= 0.6 is 15.9 Å². The first-order valence-corrected chi connectivity index (χ1v) is 5.97. The van der Waals surface area contributed by atoms with Crippen molar-refractivity contribution in [2.45, 2.75) is 13.0 Å². The molecular formula is C11H14BrN3O. The zero-order valence-electron chi connectivity index (χ0n) is 9.27. The minimum atomic E-state index is 0.0295. The number of hydrogen-bond acceptors (Lipinski definition) is 3. The maximum absolute atomic E-state index is 5.51. The molecule has 0 spiro atoms. The van der Waals surface area contributed by atoms with Crippen molar-refractivity contribution in [1.82, 2.24) is 15.1 Å². The second kappa shape index (κ2) is 4.84. The highest BCUT2D eigenvalue weighted by Crippen LogP contribution is 2.28. The Morgan fingerprint density at radius 3 is 2.88 bits per heavy atom. The van der Waals surface area contributed by atoms with E-state index in [1.54, 1.807) is 12.5 Å². The number of halogens is 1. The van der Waals surface area contributed by atoms with Gasteiger partial charge in [-0.25, -0.2) is 0 Å². The van der Waals surface area contributed by atoms with Crippen LogP contribution in [0.1, 0.15) is 24.4 Å². The van der Waals surface area contributed by atoms with Crippen LogP contribution in [-0.2, 0) is 7.05 Å². The van der Waals surface area contributed by atoms with Crippen molar-refractivity contribution >= 4 is 15.9 Å². The van der Waals surface area contributed by atoms with Crippen LogP contribution in [-0.4, -0.2) is 16.3 Å². The van der Waals surface area contributed by atoms with E-state index in [-0.39, 0.29) is 6.04 Å². The summed E-state index contributed by atoms with van der Waals surface area (Å²) in [7, 11) is 1.93. The van der Waals surface area contributed by atoms with Gasteiger partial charge in [-0.2, -0.15) is 5.10 Å². The van der Waals surface area contributed by atoms with Gasteiger partial charge in [0.15, 0.2) is 0 Å². The van der Waals surface area contributed by atoms with Crippen molar-refractivity contribution in [2.24, 2.45) is 7.05 Å². The van der Waals surface area contributed by atoms with Crippen LogP contribution in [0.2, 0.25) is 0 Å². The molecule has 0 amide bonds. The van der Waals surface area contributed by atoms with Crippen molar-refractivity contribution in [3.63, 3.8) is 0 Å². The Balaban J connectivity index is 2.39. The molecule has 1 N–H and O–H groups in total. The first-order chi connectivity index (χ1) is 7.74. The number of nitrogens with zero attached hydrogens (tertiary/aromatic N) is 2. The fourth-order valence-electron chi connectivity index (χ4n) is 1.71. The summed E-state index contributed by atoms with van der Waals surface area (Å²) in [5.41, 5.74) is 1.08. The molecule has 16 heavy (non-hydrogen) atoms. The molecule has 2 aromatic heterocycles. The van der Waals surface area contributed by atoms with Crippen LogP contribution < -0.4 is 5.32 Å². The van der Waals surface area contributed by atoms with Gasteiger partial charge in [-0.1, -0.05) is 6.92 Å². The standard InChI is InChI=1S/C11H14BrN3O/c1-3-13-10(9-4-6-14-15(9)2)11-8(12)5-7-16-11/h4-7,10,13H,3H2,1-2H3. The summed E-state index contributed by atoms with van der Waals surface area (Å²) < 4.78 is 8.33. The molecule has 4 nitrogen and oxygen atoms in total. The fraction of sp³-hybridized carbons (Fsp3) is 0.364. The number of hydrogen-bond donors (Lipinski definition) is 1. The third-order valence-corrected chi connectivity index (χ3v) is 3.12. The van der Waals surface area contributed by atoms with Gasteiger partial charge in [0.2, 0.25) is 0 Å². The summed E-state index contributed by atoms with van der Waals surface area (Å²) in [5.74, 6) is 0.880. The van der Waals surface area contributed by atoms with Crippen molar-refractivity contribution < 1.29 is 4.42 Å². The van der Waals surface area contributed by atoms with E-state index < -0.39 is 0 Å². The van der Waals surface area contributed by atoms with Crippen LogP contribution in [0.4, 0.5) is 0 Å². The number of aryl methyl sites for hydroxylation is 1. The Labute approximate surface area is 103 Å². The number of furan rings is 1. The lowest BCUT2D eigenvalue weighted by Gasteiger charge is -2.16. The van der Waals surface area contributed by atoms with Crippen LogP contribution in [0.25, 0.3) is 0 Å². The molecule has 5 heteroatoms. The minimum Gasteiger partial charge on any atom is -0.466 e. The van der Waals surface area contributed by atoms with E-state index in [1.807, 2.05) is 23.9 Å². The smallest absolute Gasteiger partial charge is 0.140 e. The Morgan fingerprint density at radius 2 is 2.38 bits per heavy atom. The molecule has 2 heterocycles. The third kappa shape index (κ3) is 2.05. The highest BCUT2D eigenvalue weighted by atomic mass is 79.9. The highest BCUT2D eigenvalue weighted by molar-refractivity contribution is 9.10. The molecule has 86 valence electrons. The summed E-state index contributed by atoms with van der Waals surface area (Å²) in [6.07, 6.45) is 3.47. The molecule has 2 aromatic rings. The lowest BCUT2D eigenvalue weighted by Crippen LogP contribution is -2.24. The topological polar surface area (TPSA) is 43.0 Å². The van der Waals surface area contributed by atoms with E-state index >= 15 is 0 Å². The summed E-state index contributed by atoms with van der Waals surface area (Å²) in [6.45, 7) is 2.93. The lowest BCUT2D eigenvalue weighted by molar-refractivity contribution is 0.435. The minimum absolute atomic E-state index is 0.0295. The molecule has 0 saturated carbocycles. The van der Waals surface area contributed by atoms with Crippen molar-refractivity contribution in [1.29, 1.82) is 0 Å². The second-order valence-electron chi connectivity index (χ2n) is 3.50. The SMILES string of the molecule is CCNC(c1occc1Br)c1ccnn1C. The third-order valence-electron chi connectivity index (χ3n) is 2.47. The normalized spacial score (nSPS) is 12.9. The average Bonchev–Trinajstić information content (AvgIpc) is 2.84. The Hall–Kier alpha value is -1.07. The summed E-state index contributed by atoms with van der Waals surface area (Å²) in [6, 6.07) is 3.92. The maximum Gasteiger partial charge on any atom is 0.140 e. The largest absolute Gasteiger partial charge is 0.466 e. The average molecular weight is 284 g/mol. The monoisotopic (exact) mass is 283 g/mol. The van der Waals surface area contributed by atoms with Crippen molar-refractivity contribution in [3.05, 3.63) is 40.5 Å². The highest BCUT2D eigenvalue weighted by Gasteiger charge is 2.21. The summed E-state index contributed by atoms with van der Waals surface area (Å²) in [5, 5.41) is 7.56. The summed E-state index contributed by atoms with van der Waals surface area (Å²) in [4.78, 5) is 0. The predicted molar refractivity (Wildman–Crippen MR) is 65.1 cm³/mol. The molecule has 0 aliphatic heterocycles. The van der Waals surface area contributed by atoms with E-state index in [4.69, 9.17) is 4.42 Å². The Kier molecular flexibility index (Phi) is 3.46. The van der Waals surface area contributed by atoms with E-state index in [9.17, 15) is 0 Å². The van der Waals surface area contributed by atoms with Crippen LogP contribution in [0, 0.1) is 0 Å². The first kappa shape index (κ1) is 11.4. The quantitative estimate of drug-likeness (QED) is 0.938. The predicted octanol–water partition coefficient (Wildman–Crippen LogP) is 2.47.